The molecule has 0 atom stereocenters. The van der Waals surface area contributed by atoms with Crippen LogP contribution >= 0.6 is 46.4 Å². The first-order chi connectivity index (χ1) is 24.0. The smallest absolute Gasteiger partial charge is 0.872 e. The van der Waals surface area contributed by atoms with Crippen molar-refractivity contribution in [2.75, 3.05) is 10.7 Å². The van der Waals surface area contributed by atoms with Crippen molar-refractivity contribution in [1.29, 1.82) is 0 Å². The summed E-state index contributed by atoms with van der Waals surface area (Å²) >= 11 is 19.1. The van der Waals surface area contributed by atoms with E-state index in [9.17, 15) is 9.90 Å². The number of nitrogens with zero attached hydrogens (tertiary/aromatic N) is 4. The van der Waals surface area contributed by atoms with Gasteiger partial charge in [-0.05, 0) is 48.0 Å². The molecule has 0 aliphatic heterocycles. The summed E-state index contributed by atoms with van der Waals surface area (Å²) in [6.45, 7) is 2.32. The van der Waals surface area contributed by atoms with Crippen molar-refractivity contribution in [2.24, 2.45) is 0 Å². The summed E-state index contributed by atoms with van der Waals surface area (Å²) in [5, 5.41) is 12.1. The van der Waals surface area contributed by atoms with E-state index in [1.165, 1.54) is 0 Å². The third-order valence-corrected chi connectivity index (χ3v) is 5.71. The molecule has 10 nitrogen and oxygen atoms in total. The van der Waals surface area contributed by atoms with Crippen molar-refractivity contribution < 1.29 is 58.3 Å². The van der Waals surface area contributed by atoms with Crippen LogP contribution in [-0.2, 0) is 39.1 Å². The van der Waals surface area contributed by atoms with Crippen LogP contribution in [0.5, 0.6) is 0 Å². The molecular weight excluding hydrogens is 851 g/mol. The summed E-state index contributed by atoms with van der Waals surface area (Å²) in [6.07, 6.45) is 6.61. The van der Waals surface area contributed by atoms with Crippen molar-refractivity contribution >= 4 is 57.9 Å². The fraction of sp³-hybridized carbons (Fsp3) is 0.143. The molecule has 0 N–H and O–H groups in total. The molecule has 0 unspecified atom stereocenters. The van der Waals surface area contributed by atoms with E-state index in [1.807, 2.05) is 85.3 Å². The number of hydrogen-bond donors (Lipinski definition) is 0. The number of alkyl halides is 4. The summed E-state index contributed by atoms with van der Waals surface area (Å²) < 4.78 is 34.0. The minimum atomic E-state index is -4.94. The third kappa shape index (κ3) is 25.6. The molecule has 0 saturated heterocycles. The number of halogens is 5. The Morgan fingerprint density at radius 2 is 0.863 bits per heavy atom. The summed E-state index contributed by atoms with van der Waals surface area (Å²) in [5.74, 6) is -0.529. The predicted molar refractivity (Wildman–Crippen MR) is 184 cm³/mol. The maximum Gasteiger partial charge on any atom is 2.00 e. The van der Waals surface area contributed by atoms with Gasteiger partial charge in [0, 0.05) is 43.8 Å². The molecule has 0 bridgehead atoms. The number of aromatic nitrogens is 3. The number of carbonyl (C=O) groups excluding carboxylic acids is 1. The molecule has 0 spiro atoms. The van der Waals surface area contributed by atoms with E-state index in [0.717, 1.165) is 42.8 Å². The van der Waals surface area contributed by atoms with Crippen molar-refractivity contribution in [3.05, 3.63) is 168 Å². The van der Waals surface area contributed by atoms with E-state index in [1.54, 1.807) is 48.5 Å². The van der Waals surface area contributed by atoms with Gasteiger partial charge >= 0.3 is 19.5 Å². The number of benzene rings is 2. The number of allylic oxidation sites excluding steroid dienone is 1. The summed E-state index contributed by atoms with van der Waals surface area (Å²) in [4.78, 5) is 27.3. The Bertz CT molecular complexity index is 1490. The molecule has 272 valence electrons. The number of rotatable bonds is 9. The summed E-state index contributed by atoms with van der Waals surface area (Å²) in [5.41, 5.74) is 4.20. The van der Waals surface area contributed by atoms with E-state index in [4.69, 9.17) is 65.0 Å². The normalized spacial score (nSPS) is 10.3. The first-order valence-electron chi connectivity index (χ1n) is 14.3. The molecule has 0 amide bonds. The zero-order chi connectivity index (χ0) is 37.0. The Balaban J connectivity index is 0.000000764. The van der Waals surface area contributed by atoms with Crippen molar-refractivity contribution in [3.8, 4) is 0 Å². The molecule has 0 saturated carbocycles. The third-order valence-electron chi connectivity index (χ3n) is 5.71. The van der Waals surface area contributed by atoms with Gasteiger partial charge in [-0.15, -0.1) is 56.6 Å². The van der Waals surface area contributed by atoms with Gasteiger partial charge < -0.3 is 5.11 Å². The average Bonchev–Trinajstić information content (AvgIpc) is 3.11. The van der Waals surface area contributed by atoms with Crippen LogP contribution in [0.25, 0.3) is 5.76 Å². The first kappa shape index (κ1) is 48.0. The molecule has 5 rings (SSSR count). The number of hydrogen-bond acceptors (Lipinski definition) is 10. The molecule has 0 radical (unpaired) electrons. The Kier molecular flexibility index (Phi) is 27.8. The number of ketones is 1. The molecule has 16 heteroatoms. The predicted octanol–water partition coefficient (Wildman–Crippen LogP) is 3.43. The quantitative estimate of drug-likeness (QED) is 0.0702. The van der Waals surface area contributed by atoms with Gasteiger partial charge in [-0.25, -0.2) is 18.6 Å². The minimum absolute atomic E-state index is 0. The zero-order valence-corrected chi connectivity index (χ0v) is 32.3. The fourth-order valence-electron chi connectivity index (χ4n) is 3.82. The Labute approximate surface area is 332 Å². The van der Waals surface area contributed by atoms with Crippen LogP contribution in [0.3, 0.4) is 0 Å². The number of carbonyl (C=O) groups is 1. The van der Waals surface area contributed by atoms with Crippen LogP contribution in [0, 0.1) is 10.2 Å². The van der Waals surface area contributed by atoms with Gasteiger partial charge in [0.05, 0.1) is 27.8 Å². The topological polar surface area (TPSA) is 174 Å². The molecule has 0 aliphatic rings. The van der Waals surface area contributed by atoms with E-state index < -0.39 is 10.2 Å². The van der Waals surface area contributed by atoms with Crippen LogP contribution in [0.1, 0.15) is 33.0 Å². The van der Waals surface area contributed by atoms with Gasteiger partial charge in [-0.3, -0.25) is 24.6 Å². The molecule has 3 aromatic heterocycles. The second-order valence-electron chi connectivity index (χ2n) is 9.29. The monoisotopic (exact) mass is 882 g/mol. The molecular formula is C35H33Cl5N4O6Ru. The molecule has 0 aliphatic carbocycles. The Hall–Kier alpha value is -3.03. The molecule has 0 fully saturated rings. The van der Waals surface area contributed by atoms with E-state index >= 15 is 0 Å². The molecule has 51 heavy (non-hydrogen) atoms. The van der Waals surface area contributed by atoms with Crippen LogP contribution < -0.4 is 23.7 Å². The first-order valence-corrected chi connectivity index (χ1v) is 17.7. The van der Waals surface area contributed by atoms with Gasteiger partial charge in [-0.2, -0.15) is 0 Å². The van der Waals surface area contributed by atoms with Crippen LogP contribution in [0.2, 0.25) is 0 Å². The largest absolute Gasteiger partial charge is 2.00 e. The molecule has 2 aromatic carbocycles. The maximum atomic E-state index is 11.8. The molecule has 5 aromatic rings. The second-order valence-corrected chi connectivity index (χ2v) is 11.7. The van der Waals surface area contributed by atoms with Gasteiger partial charge in [0.2, 0.25) is 0 Å². The van der Waals surface area contributed by atoms with Gasteiger partial charge in [0.25, 0.3) is 0 Å². The van der Waals surface area contributed by atoms with Crippen molar-refractivity contribution in [1.82, 2.24) is 19.9 Å². The Morgan fingerprint density at radius 3 is 1.16 bits per heavy atom. The second kappa shape index (κ2) is 29.5. The maximum absolute atomic E-state index is 11.8. The van der Waals surface area contributed by atoms with Gasteiger partial charge in [0.15, 0.2) is 5.78 Å². The van der Waals surface area contributed by atoms with Crippen LogP contribution in [0.4, 0.5) is 0 Å². The summed E-state index contributed by atoms with van der Waals surface area (Å²) in [6, 6.07) is 35.5. The fourth-order valence-corrected chi connectivity index (χ4v) is 3.82. The Morgan fingerprint density at radius 1 is 0.569 bits per heavy atom. The zero-order valence-electron chi connectivity index (χ0n) is 26.8. The summed E-state index contributed by atoms with van der Waals surface area (Å²) in [7, 11) is -4.94. The van der Waals surface area contributed by atoms with Gasteiger partial charge in [0.1, 0.15) is 0 Å². The SMILES string of the molecule is ClCCl.ClCCl.O=C(/C=C(\[O-])c1ccccc1)c1ccccc1.[O-][Cl+3]([O-])([O-])[O-].[Ru+2].c1ccc(CN(Cc2ccccn2)Cc2ccccn2)nc1. The van der Waals surface area contributed by atoms with E-state index in [2.05, 4.69) is 19.9 Å². The molecule has 3 heterocycles. The van der Waals surface area contributed by atoms with Crippen LogP contribution in [0.15, 0.2) is 140 Å². The van der Waals surface area contributed by atoms with E-state index in [0.29, 0.717) is 11.1 Å². The minimum Gasteiger partial charge on any atom is -0.872 e. The average molecular weight is 884 g/mol. The van der Waals surface area contributed by atoms with Crippen molar-refractivity contribution in [3.63, 3.8) is 0 Å². The standard InChI is InChI=1S/C18H18N4.C15H12O2.2CH2Cl2.ClHO4.Ru/c1-4-10-19-16(7-1)13-22(14-17-8-2-5-11-20-17)15-18-9-3-6-12-21-18;16-14(12-7-3-1-4-8-12)11-15(17)13-9-5-2-6-10-13;2*2-1-3;2-1(3,4)5;/h1-12H,13-15H2;1-11,16H;2*1H2;(H,2,3,4,5);/q;;;;;+2/p-2/b;14-11-;;;;. The van der Waals surface area contributed by atoms with Gasteiger partial charge in [-0.1, -0.05) is 84.6 Å². The number of pyridine rings is 3. The van der Waals surface area contributed by atoms with E-state index in [-0.39, 0.29) is 41.7 Å². The van der Waals surface area contributed by atoms with Crippen LogP contribution in [-0.4, -0.2) is 36.3 Å². The van der Waals surface area contributed by atoms with Crippen molar-refractivity contribution in [2.45, 2.75) is 19.6 Å².